The van der Waals surface area contributed by atoms with Crippen molar-refractivity contribution in [2.45, 2.75) is 6.10 Å². The molecule has 0 saturated carbocycles. The molecule has 0 aliphatic heterocycles. The van der Waals surface area contributed by atoms with Gasteiger partial charge >= 0.3 is 5.97 Å². The van der Waals surface area contributed by atoms with Gasteiger partial charge in [0.2, 0.25) is 6.10 Å². The highest BCUT2D eigenvalue weighted by atomic mass is 35.5. The average molecular weight is 478 g/mol. The second kappa shape index (κ2) is 9.97. The smallest absolute Gasteiger partial charge is 0.339 e. The molecular weight excluding hydrogens is 462 g/mol. The van der Waals surface area contributed by atoms with Gasteiger partial charge in [-0.2, -0.15) is 0 Å². The van der Waals surface area contributed by atoms with E-state index in [0.717, 1.165) is 11.6 Å². The second-order valence-corrected chi connectivity index (χ2v) is 7.46. The molecule has 0 saturated heterocycles. The Morgan fingerprint density at radius 2 is 1.79 bits per heavy atom. The molecule has 1 N–H and O–H groups in total. The summed E-state index contributed by atoms with van der Waals surface area (Å²) in [5.41, 5.74) is 1.31. The summed E-state index contributed by atoms with van der Waals surface area (Å²) in [4.78, 5) is 40.1. The van der Waals surface area contributed by atoms with Crippen LogP contribution in [0.15, 0.2) is 89.8 Å². The molecule has 4 rings (SSSR count). The number of nitro groups is 1. The number of rotatable bonds is 7. The number of anilines is 1. The second-order valence-electron chi connectivity index (χ2n) is 7.05. The number of halogens is 1. The number of oxazole rings is 1. The molecule has 0 spiro atoms. The molecule has 1 atom stereocenters. The van der Waals surface area contributed by atoms with E-state index < -0.39 is 22.9 Å². The van der Waals surface area contributed by atoms with Crippen molar-refractivity contribution in [1.82, 2.24) is 4.98 Å². The first-order valence-corrected chi connectivity index (χ1v) is 10.3. The predicted octanol–water partition coefficient (Wildman–Crippen LogP) is 5.44. The highest BCUT2D eigenvalue weighted by Gasteiger charge is 2.26. The topological polar surface area (TPSA) is 125 Å². The van der Waals surface area contributed by atoms with Crippen LogP contribution in [0.3, 0.4) is 0 Å². The summed E-state index contributed by atoms with van der Waals surface area (Å²) >= 11 is 6.09. The number of carbonyl (C=O) groups excluding carboxylic acids is 2. The van der Waals surface area contributed by atoms with E-state index in [2.05, 4.69) is 10.3 Å². The minimum Gasteiger partial charge on any atom is -0.444 e. The summed E-state index contributed by atoms with van der Waals surface area (Å²) in [6, 6.07) is 18.5. The van der Waals surface area contributed by atoms with Gasteiger partial charge in [-0.25, -0.2) is 9.78 Å². The van der Waals surface area contributed by atoms with Crippen molar-refractivity contribution in [2.24, 2.45) is 0 Å². The molecule has 9 nitrogen and oxygen atoms in total. The number of hydrogen-bond acceptors (Lipinski definition) is 7. The lowest BCUT2D eigenvalue weighted by atomic mass is 10.1. The number of non-ortho nitro benzene ring substituents is 1. The first-order valence-electron chi connectivity index (χ1n) is 9.92. The van der Waals surface area contributed by atoms with Gasteiger partial charge in [0.15, 0.2) is 12.2 Å². The van der Waals surface area contributed by atoms with Gasteiger partial charge in [0, 0.05) is 23.3 Å². The van der Waals surface area contributed by atoms with Crippen molar-refractivity contribution in [3.05, 3.63) is 112 Å². The molecule has 0 aliphatic rings. The molecule has 1 aromatic heterocycles. The quantitative estimate of drug-likeness (QED) is 0.213. The van der Waals surface area contributed by atoms with Crippen LogP contribution in [0.4, 0.5) is 11.4 Å². The third-order valence-corrected chi connectivity index (χ3v) is 5.14. The van der Waals surface area contributed by atoms with Gasteiger partial charge in [0.25, 0.3) is 11.6 Å². The van der Waals surface area contributed by atoms with Crippen molar-refractivity contribution >= 4 is 34.9 Å². The number of hydrogen-bond donors (Lipinski definition) is 1. The van der Waals surface area contributed by atoms with Crippen molar-refractivity contribution < 1.29 is 23.7 Å². The maximum atomic E-state index is 13.1. The third kappa shape index (κ3) is 5.11. The molecule has 170 valence electrons. The number of nitrogens with one attached hydrogen (secondary N) is 1. The molecule has 3 aromatic carbocycles. The van der Waals surface area contributed by atoms with E-state index in [-0.39, 0.29) is 22.0 Å². The van der Waals surface area contributed by atoms with E-state index >= 15 is 0 Å². The van der Waals surface area contributed by atoms with Crippen LogP contribution in [0.1, 0.15) is 22.0 Å². The van der Waals surface area contributed by atoms with E-state index in [1.807, 2.05) is 0 Å². The standard InChI is InChI=1S/C24H16ClN3O6/c25-19-12-18(28(31)32)10-11-20(19)27-23(29)22(16-4-2-1-3-5-16)34-24(30)17-8-6-15(7-9-17)21-13-26-14-33-21/h1-14,22H,(H,27,29). The zero-order chi connectivity index (χ0) is 24.1. The van der Waals surface area contributed by atoms with Crippen LogP contribution in [0.2, 0.25) is 5.02 Å². The Balaban J connectivity index is 1.55. The first-order chi connectivity index (χ1) is 16.4. The lowest BCUT2D eigenvalue weighted by molar-refractivity contribution is -0.384. The van der Waals surface area contributed by atoms with Crippen LogP contribution in [0.5, 0.6) is 0 Å². The van der Waals surface area contributed by atoms with Gasteiger partial charge in [0.1, 0.15) is 0 Å². The van der Waals surface area contributed by atoms with Gasteiger partial charge in [0.05, 0.1) is 27.4 Å². The van der Waals surface area contributed by atoms with Crippen molar-refractivity contribution in [2.75, 3.05) is 5.32 Å². The zero-order valence-electron chi connectivity index (χ0n) is 17.4. The van der Waals surface area contributed by atoms with Gasteiger partial charge in [-0.1, -0.05) is 54.1 Å². The van der Waals surface area contributed by atoms with Crippen molar-refractivity contribution in [3.8, 4) is 11.3 Å². The molecule has 34 heavy (non-hydrogen) atoms. The maximum Gasteiger partial charge on any atom is 0.339 e. The summed E-state index contributed by atoms with van der Waals surface area (Å²) in [6.45, 7) is 0. The number of amides is 1. The van der Waals surface area contributed by atoms with E-state index in [9.17, 15) is 19.7 Å². The van der Waals surface area contributed by atoms with E-state index in [1.165, 1.54) is 18.5 Å². The van der Waals surface area contributed by atoms with Gasteiger partial charge in [-0.05, 0) is 18.2 Å². The Kier molecular flexibility index (Phi) is 6.65. The summed E-state index contributed by atoms with van der Waals surface area (Å²) in [7, 11) is 0. The molecule has 10 heteroatoms. The monoisotopic (exact) mass is 477 g/mol. The molecule has 1 unspecified atom stereocenters. The Morgan fingerprint density at radius 3 is 2.41 bits per heavy atom. The fourth-order valence-electron chi connectivity index (χ4n) is 3.12. The highest BCUT2D eigenvalue weighted by Crippen LogP contribution is 2.29. The molecule has 0 radical (unpaired) electrons. The van der Waals surface area contributed by atoms with Crippen LogP contribution >= 0.6 is 11.6 Å². The summed E-state index contributed by atoms with van der Waals surface area (Å²) in [5, 5.41) is 13.5. The van der Waals surface area contributed by atoms with Crippen LogP contribution < -0.4 is 5.32 Å². The predicted molar refractivity (Wildman–Crippen MR) is 123 cm³/mol. The number of nitrogens with zero attached hydrogens (tertiary/aromatic N) is 2. The summed E-state index contributed by atoms with van der Waals surface area (Å²) in [5.74, 6) is -0.849. The molecule has 0 fully saturated rings. The van der Waals surface area contributed by atoms with Crippen molar-refractivity contribution in [3.63, 3.8) is 0 Å². The fourth-order valence-corrected chi connectivity index (χ4v) is 3.34. The minimum atomic E-state index is -1.30. The van der Waals surface area contributed by atoms with Gasteiger partial charge in [-0.15, -0.1) is 0 Å². The van der Waals surface area contributed by atoms with Crippen LogP contribution in [0.25, 0.3) is 11.3 Å². The maximum absolute atomic E-state index is 13.1. The Morgan fingerprint density at radius 1 is 1.06 bits per heavy atom. The molecule has 0 bridgehead atoms. The Labute approximate surface area is 198 Å². The zero-order valence-corrected chi connectivity index (χ0v) is 18.1. The lowest BCUT2D eigenvalue weighted by Crippen LogP contribution is -2.26. The number of nitro benzene ring substituents is 1. The first kappa shape index (κ1) is 22.7. The summed E-state index contributed by atoms with van der Waals surface area (Å²) < 4.78 is 10.8. The van der Waals surface area contributed by atoms with Gasteiger partial charge in [-0.3, -0.25) is 14.9 Å². The van der Waals surface area contributed by atoms with Crippen molar-refractivity contribution in [1.29, 1.82) is 0 Å². The number of aromatic nitrogens is 1. The van der Waals surface area contributed by atoms with Crippen LogP contribution in [-0.2, 0) is 9.53 Å². The number of benzene rings is 3. The Bertz CT molecular complexity index is 1320. The number of esters is 1. The molecule has 1 amide bonds. The van der Waals surface area contributed by atoms with E-state index in [4.69, 9.17) is 20.8 Å². The minimum absolute atomic E-state index is 0.0244. The normalized spacial score (nSPS) is 11.4. The Hall–Kier alpha value is -4.50. The van der Waals surface area contributed by atoms with E-state index in [0.29, 0.717) is 11.3 Å². The summed E-state index contributed by atoms with van der Waals surface area (Å²) in [6.07, 6.45) is 1.55. The lowest BCUT2D eigenvalue weighted by Gasteiger charge is -2.18. The van der Waals surface area contributed by atoms with Crippen LogP contribution in [0, 0.1) is 10.1 Å². The number of carbonyl (C=O) groups is 2. The fraction of sp³-hybridized carbons (Fsp3) is 0.0417. The highest BCUT2D eigenvalue weighted by molar-refractivity contribution is 6.34. The average Bonchev–Trinajstić information content (AvgIpc) is 3.39. The van der Waals surface area contributed by atoms with Gasteiger partial charge < -0.3 is 14.5 Å². The molecule has 4 aromatic rings. The molecule has 1 heterocycles. The number of ether oxygens (including phenoxy) is 1. The van der Waals surface area contributed by atoms with Crippen LogP contribution in [-0.4, -0.2) is 21.8 Å². The largest absolute Gasteiger partial charge is 0.444 e. The third-order valence-electron chi connectivity index (χ3n) is 4.82. The SMILES string of the molecule is O=C(OC(C(=O)Nc1ccc([N+](=O)[O-])cc1Cl)c1ccccc1)c1ccc(-c2cnco2)cc1. The molecule has 0 aliphatic carbocycles. The van der Waals surface area contributed by atoms with E-state index in [1.54, 1.807) is 60.8 Å². The molecular formula is C24H16ClN3O6.